The van der Waals surface area contributed by atoms with Gasteiger partial charge in [0.2, 0.25) is 10.0 Å². The van der Waals surface area contributed by atoms with E-state index in [4.69, 9.17) is 16.3 Å². The van der Waals surface area contributed by atoms with Gasteiger partial charge in [-0.1, -0.05) is 11.6 Å². The van der Waals surface area contributed by atoms with Gasteiger partial charge >= 0.3 is 0 Å². The van der Waals surface area contributed by atoms with E-state index in [1.165, 1.54) is 4.31 Å². The van der Waals surface area contributed by atoms with Gasteiger partial charge in [0.05, 0.1) is 22.7 Å². The van der Waals surface area contributed by atoms with E-state index < -0.39 is 21.2 Å². The molecule has 1 aromatic carbocycles. The molecule has 1 spiro atoms. The summed E-state index contributed by atoms with van der Waals surface area (Å²) >= 11 is 5.99. The fourth-order valence-electron chi connectivity index (χ4n) is 3.70. The second-order valence-electron chi connectivity index (χ2n) is 7.27. The Labute approximate surface area is 148 Å². The minimum absolute atomic E-state index is 0.275. The van der Waals surface area contributed by atoms with Crippen molar-refractivity contribution in [1.82, 2.24) is 4.31 Å². The number of rotatable bonds is 2. The number of hydrogen-bond acceptors (Lipinski definition) is 4. The standard InChI is InChI=1S/C17H24ClNO4S/c1-13-11-14(3-4-15(13)18)24(21,22)19-8-5-17(6-9-19)12-16(2,20)7-10-23-17/h3-4,11,20H,5-10,12H2,1-2H3. The third kappa shape index (κ3) is 3.48. The van der Waals surface area contributed by atoms with Crippen molar-refractivity contribution in [1.29, 1.82) is 0 Å². The van der Waals surface area contributed by atoms with Crippen LogP contribution in [-0.4, -0.2) is 48.7 Å². The van der Waals surface area contributed by atoms with Gasteiger partial charge in [0, 0.05) is 24.5 Å². The molecule has 0 bridgehead atoms. The van der Waals surface area contributed by atoms with Crippen molar-refractivity contribution in [3.05, 3.63) is 28.8 Å². The minimum Gasteiger partial charge on any atom is -0.390 e. The molecule has 3 rings (SSSR count). The number of halogens is 1. The van der Waals surface area contributed by atoms with Crippen LogP contribution in [0.15, 0.2) is 23.1 Å². The molecule has 2 heterocycles. The van der Waals surface area contributed by atoms with Crippen molar-refractivity contribution in [2.75, 3.05) is 19.7 Å². The van der Waals surface area contributed by atoms with E-state index in [0.717, 1.165) is 5.56 Å². The Kier molecular flexibility index (Phi) is 4.73. The van der Waals surface area contributed by atoms with Gasteiger partial charge in [0.1, 0.15) is 0 Å². The number of ether oxygens (including phenoxy) is 1. The molecule has 0 aliphatic carbocycles. The lowest BCUT2D eigenvalue weighted by molar-refractivity contribution is -0.168. The van der Waals surface area contributed by atoms with Crippen LogP contribution in [0.5, 0.6) is 0 Å². The third-order valence-electron chi connectivity index (χ3n) is 5.15. The first-order chi connectivity index (χ1) is 11.1. The Morgan fingerprint density at radius 3 is 2.50 bits per heavy atom. The molecule has 1 atom stereocenters. The molecule has 24 heavy (non-hydrogen) atoms. The predicted molar refractivity (Wildman–Crippen MR) is 92.7 cm³/mol. The average Bonchev–Trinajstić information content (AvgIpc) is 2.49. The van der Waals surface area contributed by atoms with Gasteiger partial charge in [-0.25, -0.2) is 8.42 Å². The molecule has 5 nitrogen and oxygen atoms in total. The first kappa shape index (κ1) is 18.1. The molecule has 0 amide bonds. The van der Waals surface area contributed by atoms with Crippen LogP contribution in [0.3, 0.4) is 0 Å². The number of hydrogen-bond donors (Lipinski definition) is 1. The summed E-state index contributed by atoms with van der Waals surface area (Å²) in [5.41, 5.74) is -0.381. The molecule has 1 unspecified atom stereocenters. The summed E-state index contributed by atoms with van der Waals surface area (Å²) in [6, 6.07) is 4.79. The Balaban J connectivity index is 1.75. The quantitative estimate of drug-likeness (QED) is 0.865. The molecule has 1 N–H and O–H groups in total. The molecular formula is C17H24ClNO4S. The molecule has 0 radical (unpaired) electrons. The van der Waals surface area contributed by atoms with Crippen molar-refractivity contribution in [2.24, 2.45) is 0 Å². The van der Waals surface area contributed by atoms with Crippen LogP contribution in [0.2, 0.25) is 5.02 Å². The molecule has 0 saturated carbocycles. The fourth-order valence-corrected chi connectivity index (χ4v) is 5.35. The van der Waals surface area contributed by atoms with Crippen LogP contribution in [0.4, 0.5) is 0 Å². The monoisotopic (exact) mass is 373 g/mol. The molecule has 1 aromatic rings. The van der Waals surface area contributed by atoms with E-state index in [1.54, 1.807) is 25.1 Å². The lowest BCUT2D eigenvalue weighted by atomic mass is 9.78. The molecule has 7 heteroatoms. The van der Waals surface area contributed by atoms with E-state index in [-0.39, 0.29) is 4.90 Å². The van der Waals surface area contributed by atoms with Crippen LogP contribution in [0, 0.1) is 6.92 Å². The number of sulfonamides is 1. The summed E-state index contributed by atoms with van der Waals surface area (Å²) in [5.74, 6) is 0. The summed E-state index contributed by atoms with van der Waals surface area (Å²) < 4.78 is 33.1. The summed E-state index contributed by atoms with van der Waals surface area (Å²) in [4.78, 5) is 0.275. The van der Waals surface area contributed by atoms with Crippen molar-refractivity contribution < 1.29 is 18.3 Å². The normalized spacial score (nSPS) is 28.2. The van der Waals surface area contributed by atoms with E-state index in [9.17, 15) is 13.5 Å². The fraction of sp³-hybridized carbons (Fsp3) is 0.647. The highest BCUT2D eigenvalue weighted by Crippen LogP contribution is 2.40. The van der Waals surface area contributed by atoms with Crippen LogP contribution < -0.4 is 0 Å². The van der Waals surface area contributed by atoms with Gasteiger partial charge < -0.3 is 9.84 Å². The zero-order valence-electron chi connectivity index (χ0n) is 14.1. The lowest BCUT2D eigenvalue weighted by Crippen LogP contribution is -2.54. The summed E-state index contributed by atoms with van der Waals surface area (Å²) in [5, 5.41) is 10.9. The SMILES string of the molecule is Cc1cc(S(=O)(=O)N2CCC3(CC2)CC(C)(O)CCO3)ccc1Cl. The smallest absolute Gasteiger partial charge is 0.243 e. The Morgan fingerprint density at radius 2 is 1.92 bits per heavy atom. The van der Waals surface area contributed by atoms with Gasteiger partial charge in [-0.3, -0.25) is 0 Å². The molecule has 134 valence electrons. The predicted octanol–water partition coefficient (Wildman–Crippen LogP) is 2.73. The van der Waals surface area contributed by atoms with Crippen molar-refractivity contribution >= 4 is 21.6 Å². The summed E-state index contributed by atoms with van der Waals surface area (Å²) in [7, 11) is -3.53. The van der Waals surface area contributed by atoms with E-state index in [0.29, 0.717) is 50.4 Å². The Bertz CT molecular complexity index is 724. The number of nitrogens with zero attached hydrogens (tertiary/aromatic N) is 1. The summed E-state index contributed by atoms with van der Waals surface area (Å²) in [6.07, 6.45) is 2.40. The molecule has 2 aliphatic rings. The van der Waals surface area contributed by atoms with Gasteiger partial charge in [-0.05, 0) is 56.9 Å². The van der Waals surface area contributed by atoms with Crippen molar-refractivity contribution in [3.8, 4) is 0 Å². The van der Waals surface area contributed by atoms with Crippen LogP contribution in [0.1, 0.15) is 38.2 Å². The number of aliphatic hydroxyl groups is 1. The Hall–Kier alpha value is -0.660. The van der Waals surface area contributed by atoms with Gasteiger partial charge in [-0.15, -0.1) is 0 Å². The Morgan fingerprint density at radius 1 is 1.25 bits per heavy atom. The number of piperidine rings is 1. The lowest BCUT2D eigenvalue weighted by Gasteiger charge is -2.47. The highest BCUT2D eigenvalue weighted by Gasteiger charge is 2.46. The number of benzene rings is 1. The molecule has 2 saturated heterocycles. The van der Waals surface area contributed by atoms with Crippen LogP contribution in [0.25, 0.3) is 0 Å². The highest BCUT2D eigenvalue weighted by molar-refractivity contribution is 7.89. The van der Waals surface area contributed by atoms with Crippen molar-refractivity contribution in [2.45, 2.75) is 55.6 Å². The third-order valence-corrected chi connectivity index (χ3v) is 7.47. The second kappa shape index (κ2) is 6.25. The van der Waals surface area contributed by atoms with Gasteiger partial charge in [0.25, 0.3) is 0 Å². The maximum absolute atomic E-state index is 12.8. The average molecular weight is 374 g/mol. The van der Waals surface area contributed by atoms with Gasteiger partial charge in [0.15, 0.2) is 0 Å². The van der Waals surface area contributed by atoms with Gasteiger partial charge in [-0.2, -0.15) is 4.31 Å². The zero-order valence-corrected chi connectivity index (χ0v) is 15.7. The largest absolute Gasteiger partial charge is 0.390 e. The van der Waals surface area contributed by atoms with E-state index in [1.807, 2.05) is 6.92 Å². The van der Waals surface area contributed by atoms with Crippen molar-refractivity contribution in [3.63, 3.8) is 0 Å². The first-order valence-electron chi connectivity index (χ1n) is 8.26. The first-order valence-corrected chi connectivity index (χ1v) is 10.1. The van der Waals surface area contributed by atoms with E-state index in [2.05, 4.69) is 0 Å². The number of aryl methyl sites for hydroxylation is 1. The minimum atomic E-state index is -3.53. The van der Waals surface area contributed by atoms with Crippen LogP contribution in [-0.2, 0) is 14.8 Å². The topological polar surface area (TPSA) is 66.8 Å². The molecule has 2 fully saturated rings. The molecular weight excluding hydrogens is 350 g/mol. The highest BCUT2D eigenvalue weighted by atomic mass is 35.5. The second-order valence-corrected chi connectivity index (χ2v) is 9.62. The zero-order chi connectivity index (χ0) is 17.6. The van der Waals surface area contributed by atoms with Crippen LogP contribution >= 0.6 is 11.6 Å². The summed E-state index contributed by atoms with van der Waals surface area (Å²) in [6.45, 7) is 4.96. The molecule has 0 aromatic heterocycles. The maximum atomic E-state index is 12.8. The van der Waals surface area contributed by atoms with E-state index >= 15 is 0 Å². The molecule has 2 aliphatic heterocycles. The maximum Gasteiger partial charge on any atom is 0.243 e.